The second kappa shape index (κ2) is 10.8. The number of hydrogen-bond donors (Lipinski definition) is 2. The molecule has 0 aromatic carbocycles. The summed E-state index contributed by atoms with van der Waals surface area (Å²) in [6, 6.07) is 1.74. The van der Waals surface area contributed by atoms with Gasteiger partial charge in [-0.25, -0.2) is 4.52 Å². The lowest BCUT2D eigenvalue weighted by molar-refractivity contribution is -0.117. The van der Waals surface area contributed by atoms with E-state index in [9.17, 15) is 9.59 Å². The summed E-state index contributed by atoms with van der Waals surface area (Å²) in [5, 5.41) is 14.6. The molecule has 37 heavy (non-hydrogen) atoms. The van der Waals surface area contributed by atoms with E-state index >= 15 is 0 Å². The van der Waals surface area contributed by atoms with Gasteiger partial charge in [0.05, 0.1) is 65.8 Å². The minimum atomic E-state index is -0.293. The van der Waals surface area contributed by atoms with Crippen LogP contribution in [-0.4, -0.2) is 74.4 Å². The Kier molecular flexibility index (Phi) is 7.31. The van der Waals surface area contributed by atoms with Crippen molar-refractivity contribution in [3.05, 3.63) is 48.3 Å². The van der Waals surface area contributed by atoms with Crippen molar-refractivity contribution in [2.75, 3.05) is 44.0 Å². The highest BCUT2D eigenvalue weighted by Gasteiger charge is 2.21. The van der Waals surface area contributed by atoms with Crippen LogP contribution in [0.3, 0.4) is 0 Å². The average Bonchev–Trinajstić information content (AvgIpc) is 3.64. The van der Waals surface area contributed by atoms with Crippen molar-refractivity contribution >= 4 is 39.4 Å². The van der Waals surface area contributed by atoms with Gasteiger partial charge in [0.1, 0.15) is 4.83 Å². The summed E-state index contributed by atoms with van der Waals surface area (Å²) in [6.45, 7) is 7.46. The summed E-state index contributed by atoms with van der Waals surface area (Å²) in [5.41, 5.74) is 3.14. The SMILES string of the molecule is COCCn1cc(-c2cn3ncc(C(=O)Nc4cc(NC(=O)CN5CC[C@H](C)C5)cnc4C)c3s2)cn1. The van der Waals surface area contributed by atoms with E-state index in [0.29, 0.717) is 48.2 Å². The quantitative estimate of drug-likeness (QED) is 0.347. The highest BCUT2D eigenvalue weighted by atomic mass is 32.1. The molecule has 0 bridgehead atoms. The van der Waals surface area contributed by atoms with Crippen LogP contribution < -0.4 is 10.6 Å². The molecule has 1 atom stereocenters. The molecule has 1 fully saturated rings. The van der Waals surface area contributed by atoms with Gasteiger partial charge in [0, 0.05) is 31.6 Å². The fraction of sp³-hybridized carbons (Fsp3) is 0.400. The average molecular weight is 523 g/mol. The van der Waals surface area contributed by atoms with Gasteiger partial charge in [0.2, 0.25) is 5.91 Å². The molecule has 1 aliphatic rings. The van der Waals surface area contributed by atoms with Gasteiger partial charge in [-0.05, 0) is 31.9 Å². The van der Waals surface area contributed by atoms with Crippen molar-refractivity contribution in [1.29, 1.82) is 0 Å². The lowest BCUT2D eigenvalue weighted by atomic mass is 10.2. The van der Waals surface area contributed by atoms with Crippen LogP contribution in [0.4, 0.5) is 11.4 Å². The second-order valence-corrected chi connectivity index (χ2v) is 10.4. The van der Waals surface area contributed by atoms with Crippen molar-refractivity contribution in [2.24, 2.45) is 5.92 Å². The van der Waals surface area contributed by atoms with Crippen LogP contribution >= 0.6 is 11.3 Å². The summed E-state index contributed by atoms with van der Waals surface area (Å²) >= 11 is 1.47. The molecule has 0 aliphatic carbocycles. The van der Waals surface area contributed by atoms with Crippen LogP contribution in [0.25, 0.3) is 15.3 Å². The molecule has 1 saturated heterocycles. The monoisotopic (exact) mass is 522 g/mol. The first-order valence-electron chi connectivity index (χ1n) is 12.2. The number of rotatable bonds is 9. The first kappa shape index (κ1) is 25.1. The van der Waals surface area contributed by atoms with E-state index in [4.69, 9.17) is 4.74 Å². The first-order chi connectivity index (χ1) is 17.9. The van der Waals surface area contributed by atoms with E-state index in [1.165, 1.54) is 11.3 Å². The Balaban J connectivity index is 1.28. The molecule has 0 spiro atoms. The molecular formula is C25H30N8O3S. The molecular weight excluding hydrogens is 492 g/mol. The van der Waals surface area contributed by atoms with Gasteiger partial charge in [-0.3, -0.25) is 24.2 Å². The van der Waals surface area contributed by atoms with Crippen molar-refractivity contribution in [2.45, 2.75) is 26.8 Å². The van der Waals surface area contributed by atoms with E-state index in [2.05, 4.69) is 37.6 Å². The topological polar surface area (TPSA) is 119 Å². The Morgan fingerprint density at radius 2 is 2.05 bits per heavy atom. The van der Waals surface area contributed by atoms with Crippen molar-refractivity contribution in [3.63, 3.8) is 0 Å². The number of pyridine rings is 1. The van der Waals surface area contributed by atoms with Crippen LogP contribution in [0, 0.1) is 12.8 Å². The number of hydrogen-bond acceptors (Lipinski definition) is 8. The fourth-order valence-corrected chi connectivity index (χ4v) is 5.40. The molecule has 0 unspecified atom stereocenters. The van der Waals surface area contributed by atoms with Gasteiger partial charge in [0.15, 0.2) is 0 Å². The number of nitrogens with zero attached hydrogens (tertiary/aromatic N) is 6. The Labute approximate surface area is 218 Å². The van der Waals surface area contributed by atoms with Gasteiger partial charge in [-0.15, -0.1) is 11.3 Å². The molecule has 11 nitrogen and oxygen atoms in total. The van der Waals surface area contributed by atoms with Crippen molar-refractivity contribution < 1.29 is 14.3 Å². The second-order valence-electron chi connectivity index (χ2n) is 9.38. The van der Waals surface area contributed by atoms with Crippen LogP contribution in [0.15, 0.2) is 37.1 Å². The standard InChI is InChI=1S/C25H30N8O3S/c1-16-4-5-31(12-16)15-23(34)29-19-8-21(17(2)26-10-19)30-24(35)20-11-28-33-14-22(37-25(20)33)18-9-27-32(13-18)6-7-36-3/h8-11,13-14,16H,4-7,12,15H2,1-3H3,(H,29,34)(H,30,35)/t16-/m0/s1. The first-order valence-corrected chi connectivity index (χ1v) is 13.0. The molecule has 0 radical (unpaired) electrons. The Hall–Kier alpha value is -3.61. The number of ether oxygens (including phenoxy) is 1. The third-order valence-corrected chi connectivity index (χ3v) is 7.54. The number of nitrogens with one attached hydrogen (secondary N) is 2. The lowest BCUT2D eigenvalue weighted by Crippen LogP contribution is -2.31. The highest BCUT2D eigenvalue weighted by Crippen LogP contribution is 2.31. The number of fused-ring (bicyclic) bond motifs is 1. The molecule has 12 heteroatoms. The summed E-state index contributed by atoms with van der Waals surface area (Å²) in [4.78, 5) is 33.9. The molecule has 4 aromatic heterocycles. The molecule has 0 saturated carbocycles. The third-order valence-electron chi connectivity index (χ3n) is 6.38. The number of amides is 2. The lowest BCUT2D eigenvalue weighted by Gasteiger charge is -2.15. The maximum absolute atomic E-state index is 13.2. The number of methoxy groups -OCH3 is 1. The zero-order valence-corrected chi connectivity index (χ0v) is 21.9. The maximum atomic E-state index is 13.2. The van der Waals surface area contributed by atoms with Gasteiger partial charge < -0.3 is 15.4 Å². The van der Waals surface area contributed by atoms with Crippen LogP contribution in [-0.2, 0) is 16.1 Å². The van der Waals surface area contributed by atoms with E-state index in [1.54, 1.807) is 36.3 Å². The van der Waals surface area contributed by atoms with Gasteiger partial charge >= 0.3 is 0 Å². The van der Waals surface area contributed by atoms with Crippen molar-refractivity contribution in [3.8, 4) is 10.4 Å². The predicted octanol–water partition coefficient (Wildman–Crippen LogP) is 3.14. The number of anilines is 2. The zero-order valence-electron chi connectivity index (χ0n) is 21.1. The van der Waals surface area contributed by atoms with E-state index in [0.717, 1.165) is 34.8 Å². The Bertz CT molecular complexity index is 1420. The smallest absolute Gasteiger partial charge is 0.260 e. The zero-order chi connectivity index (χ0) is 25.9. The number of aromatic nitrogens is 5. The van der Waals surface area contributed by atoms with Gasteiger partial charge in [-0.2, -0.15) is 10.2 Å². The maximum Gasteiger partial charge on any atom is 0.260 e. The normalized spacial score (nSPS) is 15.9. The van der Waals surface area contributed by atoms with Gasteiger partial charge in [-0.1, -0.05) is 6.92 Å². The van der Waals surface area contributed by atoms with Crippen LogP contribution in [0.5, 0.6) is 0 Å². The van der Waals surface area contributed by atoms with Crippen molar-refractivity contribution in [1.82, 2.24) is 29.3 Å². The Morgan fingerprint density at radius 1 is 1.19 bits per heavy atom. The molecule has 5 heterocycles. The number of thiazole rings is 1. The minimum Gasteiger partial charge on any atom is -0.383 e. The minimum absolute atomic E-state index is 0.0907. The van der Waals surface area contributed by atoms with E-state index < -0.39 is 0 Å². The van der Waals surface area contributed by atoms with Gasteiger partial charge in [0.25, 0.3) is 5.91 Å². The molecule has 194 valence electrons. The summed E-state index contributed by atoms with van der Waals surface area (Å²) in [7, 11) is 1.66. The highest BCUT2D eigenvalue weighted by molar-refractivity contribution is 7.21. The molecule has 2 N–H and O–H groups in total. The molecule has 4 aromatic rings. The molecule has 1 aliphatic heterocycles. The number of carbonyl (C=O) groups is 2. The molecule has 5 rings (SSSR count). The predicted molar refractivity (Wildman–Crippen MR) is 142 cm³/mol. The largest absolute Gasteiger partial charge is 0.383 e. The van der Waals surface area contributed by atoms with E-state index in [1.807, 2.05) is 24.0 Å². The molecule has 2 amide bonds. The number of aryl methyl sites for hydroxylation is 1. The van der Waals surface area contributed by atoms with Crippen LogP contribution in [0.1, 0.15) is 29.4 Å². The summed E-state index contributed by atoms with van der Waals surface area (Å²) < 4.78 is 8.63. The third kappa shape index (κ3) is 5.71. The van der Waals surface area contributed by atoms with Crippen LogP contribution in [0.2, 0.25) is 0 Å². The van der Waals surface area contributed by atoms with E-state index in [-0.39, 0.29) is 11.8 Å². The number of likely N-dealkylation sites (tertiary alicyclic amines) is 1. The fourth-order valence-electron chi connectivity index (χ4n) is 4.36. The summed E-state index contributed by atoms with van der Waals surface area (Å²) in [5.74, 6) is 0.231. The summed E-state index contributed by atoms with van der Waals surface area (Å²) in [6.07, 6.45) is 9.90. The Morgan fingerprint density at radius 3 is 2.84 bits per heavy atom. The number of carbonyl (C=O) groups excluding carboxylic acids is 2.